The quantitative estimate of drug-likeness (QED) is 0.802. The number of amides is 1. The van der Waals surface area contributed by atoms with Crippen molar-refractivity contribution in [3.8, 4) is 0 Å². The van der Waals surface area contributed by atoms with Crippen molar-refractivity contribution in [2.45, 2.75) is 19.3 Å². The molecule has 0 spiro atoms. The van der Waals surface area contributed by atoms with E-state index in [4.69, 9.17) is 0 Å². The third-order valence-electron chi connectivity index (χ3n) is 3.46. The van der Waals surface area contributed by atoms with E-state index in [1.165, 1.54) is 24.0 Å². The van der Waals surface area contributed by atoms with Crippen LogP contribution in [0.15, 0.2) is 42.5 Å². The van der Waals surface area contributed by atoms with Crippen LogP contribution >= 0.6 is 22.6 Å². The molecule has 0 unspecified atom stereocenters. The van der Waals surface area contributed by atoms with Gasteiger partial charge in [0.25, 0.3) is 5.91 Å². The lowest BCUT2D eigenvalue weighted by atomic mass is 10.1. The summed E-state index contributed by atoms with van der Waals surface area (Å²) in [5.74, 6) is -0.0469. The van der Waals surface area contributed by atoms with Crippen LogP contribution in [0.25, 0.3) is 0 Å². The number of nitrogens with one attached hydrogen (secondary N) is 1. The van der Waals surface area contributed by atoms with Gasteiger partial charge in [-0.1, -0.05) is 6.07 Å². The van der Waals surface area contributed by atoms with Crippen LogP contribution < -0.4 is 5.32 Å². The van der Waals surface area contributed by atoms with E-state index in [-0.39, 0.29) is 5.91 Å². The maximum atomic E-state index is 12.1. The number of fused-ring (bicyclic) bond motifs is 1. The highest BCUT2D eigenvalue weighted by atomic mass is 127. The van der Waals surface area contributed by atoms with Crippen LogP contribution in [-0.4, -0.2) is 5.91 Å². The Labute approximate surface area is 126 Å². The summed E-state index contributed by atoms with van der Waals surface area (Å²) in [4.78, 5) is 12.1. The van der Waals surface area contributed by atoms with Gasteiger partial charge >= 0.3 is 0 Å². The second kappa shape index (κ2) is 5.33. The van der Waals surface area contributed by atoms with Crippen molar-refractivity contribution in [1.82, 2.24) is 0 Å². The first-order valence-corrected chi connectivity index (χ1v) is 7.49. The second-order valence-corrected chi connectivity index (χ2v) is 6.04. The van der Waals surface area contributed by atoms with Gasteiger partial charge in [0.15, 0.2) is 0 Å². The Balaban J connectivity index is 1.77. The van der Waals surface area contributed by atoms with Crippen molar-refractivity contribution in [2.75, 3.05) is 5.32 Å². The lowest BCUT2D eigenvalue weighted by molar-refractivity contribution is 0.102. The van der Waals surface area contributed by atoms with Crippen LogP contribution in [0.1, 0.15) is 27.9 Å². The second-order valence-electron chi connectivity index (χ2n) is 4.80. The zero-order chi connectivity index (χ0) is 13.2. The monoisotopic (exact) mass is 363 g/mol. The van der Waals surface area contributed by atoms with E-state index >= 15 is 0 Å². The van der Waals surface area contributed by atoms with Gasteiger partial charge in [-0.25, -0.2) is 0 Å². The molecule has 3 rings (SSSR count). The Kier molecular flexibility index (Phi) is 3.55. The van der Waals surface area contributed by atoms with Crippen molar-refractivity contribution >= 4 is 34.2 Å². The predicted molar refractivity (Wildman–Crippen MR) is 85.6 cm³/mol. The molecule has 0 atom stereocenters. The highest BCUT2D eigenvalue weighted by Gasteiger charge is 2.12. The van der Waals surface area contributed by atoms with Crippen molar-refractivity contribution in [1.29, 1.82) is 0 Å². The number of aryl methyl sites for hydroxylation is 2. The summed E-state index contributed by atoms with van der Waals surface area (Å²) in [7, 11) is 0. The highest BCUT2D eigenvalue weighted by Crippen LogP contribution is 2.25. The number of hydrogen-bond acceptors (Lipinski definition) is 1. The minimum atomic E-state index is -0.0469. The number of halogens is 1. The molecule has 1 N–H and O–H groups in total. The van der Waals surface area contributed by atoms with Gasteiger partial charge < -0.3 is 5.32 Å². The van der Waals surface area contributed by atoms with Crippen molar-refractivity contribution in [3.05, 3.63) is 62.7 Å². The third kappa shape index (κ3) is 2.81. The van der Waals surface area contributed by atoms with Crippen LogP contribution in [0.3, 0.4) is 0 Å². The molecule has 0 aliphatic heterocycles. The van der Waals surface area contributed by atoms with Crippen molar-refractivity contribution in [2.24, 2.45) is 0 Å². The molecule has 0 aromatic heterocycles. The van der Waals surface area contributed by atoms with Gasteiger partial charge in [0.2, 0.25) is 0 Å². The van der Waals surface area contributed by atoms with E-state index in [0.29, 0.717) is 5.56 Å². The maximum Gasteiger partial charge on any atom is 0.255 e. The summed E-state index contributed by atoms with van der Waals surface area (Å²) >= 11 is 2.23. The van der Waals surface area contributed by atoms with Crippen LogP contribution in [0.4, 0.5) is 5.69 Å². The summed E-state index contributed by atoms with van der Waals surface area (Å²) in [6.45, 7) is 0. The molecular formula is C16H14INO. The van der Waals surface area contributed by atoms with E-state index < -0.39 is 0 Å². The Morgan fingerprint density at radius 2 is 1.74 bits per heavy atom. The molecule has 0 saturated carbocycles. The molecule has 0 bridgehead atoms. The van der Waals surface area contributed by atoms with Gasteiger partial charge in [0.05, 0.1) is 0 Å². The van der Waals surface area contributed by atoms with E-state index in [1.807, 2.05) is 30.3 Å². The normalized spacial score (nSPS) is 13.1. The summed E-state index contributed by atoms with van der Waals surface area (Å²) in [5, 5.41) is 2.97. The van der Waals surface area contributed by atoms with Crippen LogP contribution in [0.5, 0.6) is 0 Å². The molecule has 0 radical (unpaired) electrons. The number of anilines is 1. The maximum absolute atomic E-state index is 12.1. The van der Waals surface area contributed by atoms with Gasteiger partial charge in [-0.2, -0.15) is 0 Å². The fraction of sp³-hybridized carbons (Fsp3) is 0.188. The SMILES string of the molecule is O=C(Nc1ccc2c(c1)CCC2)c1ccc(I)cc1. The average molecular weight is 363 g/mol. The Morgan fingerprint density at radius 3 is 2.53 bits per heavy atom. The molecule has 0 saturated heterocycles. The largest absolute Gasteiger partial charge is 0.322 e. The summed E-state index contributed by atoms with van der Waals surface area (Å²) in [5.41, 5.74) is 4.39. The van der Waals surface area contributed by atoms with E-state index in [2.05, 4.69) is 40.0 Å². The fourth-order valence-electron chi connectivity index (χ4n) is 2.45. The topological polar surface area (TPSA) is 29.1 Å². The molecule has 2 nitrogen and oxygen atoms in total. The van der Waals surface area contributed by atoms with Crippen LogP contribution in [0, 0.1) is 3.57 Å². The molecule has 2 aromatic rings. The summed E-state index contributed by atoms with van der Waals surface area (Å²) < 4.78 is 1.13. The summed E-state index contributed by atoms with van der Waals surface area (Å²) in [6.07, 6.45) is 3.52. The zero-order valence-electron chi connectivity index (χ0n) is 10.4. The molecule has 2 aromatic carbocycles. The molecule has 1 amide bonds. The Bertz CT molecular complexity index is 619. The molecular weight excluding hydrogens is 349 g/mol. The fourth-order valence-corrected chi connectivity index (χ4v) is 2.81. The van der Waals surface area contributed by atoms with Gasteiger partial charge in [-0.05, 0) is 89.4 Å². The first kappa shape index (κ1) is 12.7. The Hall–Kier alpha value is -1.36. The first-order valence-electron chi connectivity index (χ1n) is 6.41. The van der Waals surface area contributed by atoms with Gasteiger partial charge in [-0.15, -0.1) is 0 Å². The predicted octanol–water partition coefficient (Wildman–Crippen LogP) is 4.03. The lowest BCUT2D eigenvalue weighted by Crippen LogP contribution is -2.11. The highest BCUT2D eigenvalue weighted by molar-refractivity contribution is 14.1. The lowest BCUT2D eigenvalue weighted by Gasteiger charge is -2.07. The molecule has 0 fully saturated rings. The van der Waals surface area contributed by atoms with Gasteiger partial charge in [0, 0.05) is 14.8 Å². The summed E-state index contributed by atoms with van der Waals surface area (Å²) in [6, 6.07) is 13.8. The van der Waals surface area contributed by atoms with Crippen LogP contribution in [-0.2, 0) is 12.8 Å². The van der Waals surface area contributed by atoms with E-state index in [0.717, 1.165) is 15.7 Å². The molecule has 1 aliphatic carbocycles. The van der Waals surface area contributed by atoms with Crippen LogP contribution in [0.2, 0.25) is 0 Å². The minimum Gasteiger partial charge on any atom is -0.322 e. The molecule has 19 heavy (non-hydrogen) atoms. The van der Waals surface area contributed by atoms with Crippen molar-refractivity contribution < 1.29 is 4.79 Å². The average Bonchev–Trinajstić information content (AvgIpc) is 2.87. The molecule has 96 valence electrons. The third-order valence-corrected chi connectivity index (χ3v) is 4.18. The van der Waals surface area contributed by atoms with E-state index in [1.54, 1.807) is 0 Å². The van der Waals surface area contributed by atoms with Gasteiger partial charge in [0.1, 0.15) is 0 Å². The molecule has 1 aliphatic rings. The Morgan fingerprint density at radius 1 is 1.00 bits per heavy atom. The molecule has 3 heteroatoms. The van der Waals surface area contributed by atoms with E-state index in [9.17, 15) is 4.79 Å². The number of benzene rings is 2. The smallest absolute Gasteiger partial charge is 0.255 e. The molecule has 0 heterocycles. The number of carbonyl (C=O) groups is 1. The number of carbonyl (C=O) groups excluding carboxylic acids is 1. The number of rotatable bonds is 2. The minimum absolute atomic E-state index is 0.0469. The standard InChI is InChI=1S/C16H14INO/c17-14-7-4-12(5-8-14)16(19)18-15-9-6-11-2-1-3-13(11)10-15/h4-10H,1-3H2,(H,18,19). The zero-order valence-corrected chi connectivity index (χ0v) is 12.6. The van der Waals surface area contributed by atoms with Crippen molar-refractivity contribution in [3.63, 3.8) is 0 Å². The number of hydrogen-bond donors (Lipinski definition) is 1. The van der Waals surface area contributed by atoms with Gasteiger partial charge in [-0.3, -0.25) is 4.79 Å². The first-order chi connectivity index (χ1) is 9.22.